The molecule has 1 atom stereocenters. The van der Waals surface area contributed by atoms with E-state index in [9.17, 15) is 14.0 Å². The fourth-order valence-corrected chi connectivity index (χ4v) is 4.02. The van der Waals surface area contributed by atoms with Crippen LogP contribution in [-0.2, 0) is 11.3 Å². The van der Waals surface area contributed by atoms with Crippen molar-refractivity contribution < 1.29 is 14.0 Å². The SMILES string of the molecule is Cc1c(C(=O)Nc2cccc(CN3CCCC3C(N)=O)c2)cnn1-c1ccccc1F. The number of anilines is 1. The summed E-state index contributed by atoms with van der Waals surface area (Å²) in [4.78, 5) is 26.5. The lowest BCUT2D eigenvalue weighted by Crippen LogP contribution is -2.39. The highest BCUT2D eigenvalue weighted by Gasteiger charge is 2.28. The molecule has 7 nitrogen and oxygen atoms in total. The Balaban J connectivity index is 1.49. The van der Waals surface area contributed by atoms with E-state index in [0.717, 1.165) is 24.9 Å². The molecule has 0 bridgehead atoms. The zero-order valence-corrected chi connectivity index (χ0v) is 17.2. The molecule has 1 fully saturated rings. The Labute approximate surface area is 179 Å². The van der Waals surface area contributed by atoms with E-state index >= 15 is 0 Å². The molecule has 1 aliphatic rings. The fraction of sp³-hybridized carbons (Fsp3) is 0.261. The van der Waals surface area contributed by atoms with Crippen molar-refractivity contribution in [3.63, 3.8) is 0 Å². The van der Waals surface area contributed by atoms with E-state index in [0.29, 0.717) is 23.5 Å². The number of aromatic nitrogens is 2. The summed E-state index contributed by atoms with van der Waals surface area (Å²) >= 11 is 0. The van der Waals surface area contributed by atoms with E-state index < -0.39 is 5.82 Å². The number of carbonyl (C=O) groups excluding carboxylic acids is 2. The summed E-state index contributed by atoms with van der Waals surface area (Å²) < 4.78 is 15.5. The van der Waals surface area contributed by atoms with Gasteiger partial charge < -0.3 is 11.1 Å². The van der Waals surface area contributed by atoms with Gasteiger partial charge in [-0.3, -0.25) is 14.5 Å². The summed E-state index contributed by atoms with van der Waals surface area (Å²) in [5.74, 6) is -1.04. The van der Waals surface area contributed by atoms with Gasteiger partial charge in [0.2, 0.25) is 5.91 Å². The molecule has 0 radical (unpaired) electrons. The third-order valence-electron chi connectivity index (χ3n) is 5.60. The number of rotatable bonds is 6. The summed E-state index contributed by atoms with van der Waals surface area (Å²) in [6.45, 7) is 3.13. The van der Waals surface area contributed by atoms with Gasteiger partial charge in [0.05, 0.1) is 23.5 Å². The van der Waals surface area contributed by atoms with Crippen LogP contribution in [0.2, 0.25) is 0 Å². The number of halogens is 1. The largest absolute Gasteiger partial charge is 0.368 e. The molecule has 8 heteroatoms. The quantitative estimate of drug-likeness (QED) is 0.640. The van der Waals surface area contributed by atoms with Crippen LogP contribution < -0.4 is 11.1 Å². The molecule has 1 unspecified atom stereocenters. The number of likely N-dealkylation sites (tertiary alicyclic amines) is 1. The predicted molar refractivity (Wildman–Crippen MR) is 115 cm³/mol. The van der Waals surface area contributed by atoms with Gasteiger partial charge in [-0.1, -0.05) is 24.3 Å². The van der Waals surface area contributed by atoms with E-state index in [-0.39, 0.29) is 23.5 Å². The first-order chi connectivity index (χ1) is 14.9. The summed E-state index contributed by atoms with van der Waals surface area (Å²) in [5.41, 5.74) is 8.30. The number of nitrogens with two attached hydrogens (primary N) is 1. The van der Waals surface area contributed by atoms with E-state index in [2.05, 4.69) is 15.3 Å². The van der Waals surface area contributed by atoms with Gasteiger partial charge in [-0.05, 0) is 56.1 Å². The van der Waals surface area contributed by atoms with Crippen LogP contribution in [0.4, 0.5) is 10.1 Å². The van der Waals surface area contributed by atoms with Gasteiger partial charge in [0.25, 0.3) is 5.91 Å². The van der Waals surface area contributed by atoms with Crippen LogP contribution in [0.25, 0.3) is 5.69 Å². The zero-order valence-electron chi connectivity index (χ0n) is 17.2. The summed E-state index contributed by atoms with van der Waals surface area (Å²) in [7, 11) is 0. The normalized spacial score (nSPS) is 16.4. The number of benzene rings is 2. The minimum atomic E-state index is -0.412. The van der Waals surface area contributed by atoms with Crippen molar-refractivity contribution in [1.29, 1.82) is 0 Å². The molecule has 0 spiro atoms. The first-order valence-electron chi connectivity index (χ1n) is 10.2. The van der Waals surface area contributed by atoms with Gasteiger partial charge in [-0.15, -0.1) is 0 Å². The molecule has 3 aromatic rings. The van der Waals surface area contributed by atoms with E-state index in [1.165, 1.54) is 16.9 Å². The van der Waals surface area contributed by atoms with Crippen molar-refractivity contribution in [1.82, 2.24) is 14.7 Å². The molecule has 2 amide bonds. The van der Waals surface area contributed by atoms with E-state index in [4.69, 9.17) is 5.73 Å². The lowest BCUT2D eigenvalue weighted by Gasteiger charge is -2.22. The van der Waals surface area contributed by atoms with Crippen molar-refractivity contribution in [3.05, 3.63) is 77.4 Å². The van der Waals surface area contributed by atoms with Crippen LogP contribution in [0.5, 0.6) is 0 Å². The number of hydrogen-bond donors (Lipinski definition) is 2. The Bertz CT molecular complexity index is 1130. The number of carbonyl (C=O) groups is 2. The van der Waals surface area contributed by atoms with Gasteiger partial charge in [-0.2, -0.15) is 5.10 Å². The van der Waals surface area contributed by atoms with Crippen LogP contribution in [0, 0.1) is 12.7 Å². The third-order valence-corrected chi connectivity index (χ3v) is 5.60. The van der Waals surface area contributed by atoms with Gasteiger partial charge in [0, 0.05) is 12.2 Å². The maximum Gasteiger partial charge on any atom is 0.259 e. The van der Waals surface area contributed by atoms with Crippen molar-refractivity contribution in [2.24, 2.45) is 5.73 Å². The highest BCUT2D eigenvalue weighted by Crippen LogP contribution is 2.22. The van der Waals surface area contributed by atoms with Gasteiger partial charge in [0.1, 0.15) is 11.5 Å². The van der Waals surface area contributed by atoms with Crippen LogP contribution in [-0.4, -0.2) is 39.1 Å². The average molecular weight is 421 g/mol. The number of amides is 2. The first kappa shape index (κ1) is 20.7. The fourth-order valence-electron chi connectivity index (χ4n) is 4.02. The van der Waals surface area contributed by atoms with Crippen LogP contribution in [0.15, 0.2) is 54.7 Å². The highest BCUT2D eigenvalue weighted by molar-refractivity contribution is 6.05. The van der Waals surface area contributed by atoms with Crippen LogP contribution in [0.1, 0.15) is 34.5 Å². The van der Waals surface area contributed by atoms with Crippen LogP contribution >= 0.6 is 0 Å². The van der Waals surface area contributed by atoms with Gasteiger partial charge in [0.15, 0.2) is 0 Å². The maximum absolute atomic E-state index is 14.1. The number of para-hydroxylation sites is 1. The molecule has 1 aromatic heterocycles. The molecule has 3 N–H and O–H groups in total. The lowest BCUT2D eigenvalue weighted by molar-refractivity contribution is -0.122. The van der Waals surface area contributed by atoms with Crippen molar-refractivity contribution >= 4 is 17.5 Å². The average Bonchev–Trinajstić information content (AvgIpc) is 3.35. The minimum Gasteiger partial charge on any atom is -0.368 e. The topological polar surface area (TPSA) is 93.2 Å². The highest BCUT2D eigenvalue weighted by atomic mass is 19.1. The van der Waals surface area contributed by atoms with Crippen molar-refractivity contribution in [2.75, 3.05) is 11.9 Å². The third kappa shape index (κ3) is 4.34. The van der Waals surface area contributed by atoms with Gasteiger partial charge >= 0.3 is 0 Å². The second kappa shape index (κ2) is 8.69. The molecule has 0 saturated carbocycles. The summed E-state index contributed by atoms with van der Waals surface area (Å²) in [6, 6.07) is 13.5. The molecule has 4 rings (SSSR count). The maximum atomic E-state index is 14.1. The van der Waals surface area contributed by atoms with Gasteiger partial charge in [-0.25, -0.2) is 9.07 Å². The molecule has 0 aliphatic carbocycles. The standard InChI is InChI=1S/C23H24FN5O2/c1-15-18(13-26-29(15)20-9-3-2-8-19(20)24)23(31)27-17-7-4-6-16(12-17)14-28-11-5-10-21(28)22(25)30/h2-4,6-9,12-13,21H,5,10-11,14H2,1H3,(H2,25,30)(H,27,31). The number of nitrogens with one attached hydrogen (secondary N) is 1. The number of hydrogen-bond acceptors (Lipinski definition) is 4. The molecule has 2 aromatic carbocycles. The smallest absolute Gasteiger partial charge is 0.259 e. The lowest BCUT2D eigenvalue weighted by atomic mass is 10.1. The second-order valence-electron chi connectivity index (χ2n) is 7.69. The Kier molecular flexibility index (Phi) is 5.81. The molecule has 160 valence electrons. The van der Waals surface area contributed by atoms with E-state index in [1.54, 1.807) is 31.2 Å². The van der Waals surface area contributed by atoms with Crippen molar-refractivity contribution in [3.8, 4) is 5.69 Å². The Morgan fingerprint density at radius 1 is 1.23 bits per heavy atom. The molecular formula is C23H24FN5O2. The summed E-state index contributed by atoms with van der Waals surface area (Å²) in [6.07, 6.45) is 3.15. The first-order valence-corrected chi connectivity index (χ1v) is 10.2. The Morgan fingerprint density at radius 3 is 2.81 bits per heavy atom. The monoisotopic (exact) mass is 421 g/mol. The van der Waals surface area contributed by atoms with Crippen LogP contribution in [0.3, 0.4) is 0 Å². The Hall–Kier alpha value is -3.52. The number of primary amides is 1. The van der Waals surface area contributed by atoms with E-state index in [1.807, 2.05) is 18.2 Å². The number of nitrogens with zero attached hydrogens (tertiary/aromatic N) is 3. The molecular weight excluding hydrogens is 397 g/mol. The minimum absolute atomic E-state index is 0.245. The van der Waals surface area contributed by atoms with Crippen molar-refractivity contribution in [2.45, 2.75) is 32.4 Å². The predicted octanol–water partition coefficient (Wildman–Crippen LogP) is 3.02. The molecule has 31 heavy (non-hydrogen) atoms. The summed E-state index contributed by atoms with van der Waals surface area (Å²) in [5, 5.41) is 7.07. The molecule has 1 aliphatic heterocycles. The Morgan fingerprint density at radius 2 is 2.03 bits per heavy atom. The molecule has 1 saturated heterocycles. The second-order valence-corrected chi connectivity index (χ2v) is 7.69. The zero-order chi connectivity index (χ0) is 22.0. The molecule has 2 heterocycles.